The number of carboxylic acid groups (broad SMARTS) is 1. The summed E-state index contributed by atoms with van der Waals surface area (Å²) in [6.45, 7) is 0. The van der Waals surface area contributed by atoms with Crippen LogP contribution < -0.4 is 5.32 Å². The van der Waals surface area contributed by atoms with Crippen molar-refractivity contribution in [3.8, 4) is 0 Å². The Morgan fingerprint density at radius 1 is 1.44 bits per heavy atom. The van der Waals surface area contributed by atoms with Crippen LogP contribution in [-0.4, -0.2) is 28.0 Å². The first kappa shape index (κ1) is 12.4. The van der Waals surface area contributed by atoms with Crippen molar-refractivity contribution in [2.24, 2.45) is 5.92 Å². The molecular formula is C11H10F2N2O3. The van der Waals surface area contributed by atoms with Crippen LogP contribution in [0.15, 0.2) is 12.3 Å². The SMILES string of the molecule is O=C(NC(C(=O)O)C1CC1)c1ccnc(F)c1F. The van der Waals surface area contributed by atoms with E-state index in [1.165, 1.54) is 0 Å². The number of nitrogens with zero attached hydrogens (tertiary/aromatic N) is 1. The van der Waals surface area contributed by atoms with E-state index in [9.17, 15) is 18.4 Å². The third kappa shape index (κ3) is 2.44. The lowest BCUT2D eigenvalue weighted by Crippen LogP contribution is -2.42. The highest BCUT2D eigenvalue weighted by Gasteiger charge is 2.37. The Balaban J connectivity index is 2.16. The fourth-order valence-electron chi connectivity index (χ4n) is 1.62. The molecule has 0 spiro atoms. The maximum absolute atomic E-state index is 13.3. The molecule has 1 heterocycles. The number of nitrogens with one attached hydrogen (secondary N) is 1. The van der Waals surface area contributed by atoms with Crippen molar-refractivity contribution in [2.75, 3.05) is 0 Å². The van der Waals surface area contributed by atoms with E-state index in [0.717, 1.165) is 12.3 Å². The molecule has 1 fully saturated rings. The number of pyridine rings is 1. The summed E-state index contributed by atoms with van der Waals surface area (Å²) in [5, 5.41) is 11.1. The highest BCUT2D eigenvalue weighted by molar-refractivity contribution is 5.96. The number of carbonyl (C=O) groups excluding carboxylic acids is 1. The Morgan fingerprint density at radius 2 is 2.11 bits per heavy atom. The molecule has 1 amide bonds. The largest absolute Gasteiger partial charge is 0.480 e. The van der Waals surface area contributed by atoms with Gasteiger partial charge in [0.1, 0.15) is 6.04 Å². The van der Waals surface area contributed by atoms with Gasteiger partial charge in [-0.3, -0.25) is 4.79 Å². The van der Waals surface area contributed by atoms with Crippen LogP contribution in [0.5, 0.6) is 0 Å². The van der Waals surface area contributed by atoms with Gasteiger partial charge in [-0.15, -0.1) is 0 Å². The Bertz CT molecular complexity index is 503. The Hall–Kier alpha value is -2.05. The van der Waals surface area contributed by atoms with E-state index in [1.54, 1.807) is 0 Å². The van der Waals surface area contributed by atoms with Crippen LogP contribution in [0, 0.1) is 17.7 Å². The fourth-order valence-corrected chi connectivity index (χ4v) is 1.62. The molecule has 0 bridgehead atoms. The van der Waals surface area contributed by atoms with Gasteiger partial charge in [0.2, 0.25) is 5.95 Å². The molecular weight excluding hydrogens is 246 g/mol. The molecule has 1 aliphatic carbocycles. The number of halogens is 2. The van der Waals surface area contributed by atoms with Gasteiger partial charge in [-0.25, -0.2) is 14.2 Å². The Kier molecular flexibility index (Phi) is 3.22. The summed E-state index contributed by atoms with van der Waals surface area (Å²) in [6.07, 6.45) is 2.34. The molecule has 0 aromatic carbocycles. The molecule has 1 unspecified atom stereocenters. The van der Waals surface area contributed by atoms with Gasteiger partial charge in [-0.2, -0.15) is 4.39 Å². The van der Waals surface area contributed by atoms with Gasteiger partial charge in [0, 0.05) is 6.20 Å². The van der Waals surface area contributed by atoms with Crippen molar-refractivity contribution in [3.05, 3.63) is 29.6 Å². The molecule has 1 atom stereocenters. The summed E-state index contributed by atoms with van der Waals surface area (Å²) in [5.74, 6) is -5.04. The van der Waals surface area contributed by atoms with E-state index in [1.807, 2.05) is 0 Å². The second-order valence-electron chi connectivity index (χ2n) is 4.09. The molecule has 1 aliphatic rings. The lowest BCUT2D eigenvalue weighted by atomic mass is 10.1. The Labute approximate surface area is 101 Å². The number of aromatic nitrogens is 1. The summed E-state index contributed by atoms with van der Waals surface area (Å²) in [7, 11) is 0. The zero-order valence-corrected chi connectivity index (χ0v) is 9.19. The van der Waals surface area contributed by atoms with Crippen molar-refractivity contribution in [2.45, 2.75) is 18.9 Å². The molecule has 1 aromatic rings. The predicted molar refractivity (Wildman–Crippen MR) is 55.8 cm³/mol. The van der Waals surface area contributed by atoms with Gasteiger partial charge in [0.15, 0.2) is 5.82 Å². The van der Waals surface area contributed by atoms with Crippen LogP contribution in [0.1, 0.15) is 23.2 Å². The van der Waals surface area contributed by atoms with Gasteiger partial charge in [0.05, 0.1) is 5.56 Å². The second-order valence-corrected chi connectivity index (χ2v) is 4.09. The molecule has 0 aliphatic heterocycles. The van der Waals surface area contributed by atoms with Crippen LogP contribution in [0.25, 0.3) is 0 Å². The van der Waals surface area contributed by atoms with Gasteiger partial charge >= 0.3 is 5.97 Å². The van der Waals surface area contributed by atoms with Crippen LogP contribution in [0.2, 0.25) is 0 Å². The second kappa shape index (κ2) is 4.67. The minimum Gasteiger partial charge on any atom is -0.480 e. The van der Waals surface area contributed by atoms with E-state index in [0.29, 0.717) is 12.8 Å². The van der Waals surface area contributed by atoms with E-state index < -0.39 is 35.2 Å². The average molecular weight is 256 g/mol. The van der Waals surface area contributed by atoms with Crippen LogP contribution in [-0.2, 0) is 4.79 Å². The van der Waals surface area contributed by atoms with E-state index in [-0.39, 0.29) is 5.92 Å². The summed E-state index contributed by atoms with van der Waals surface area (Å²) in [5.41, 5.74) is -0.547. The molecule has 96 valence electrons. The van der Waals surface area contributed by atoms with Crippen molar-refractivity contribution in [1.82, 2.24) is 10.3 Å². The maximum atomic E-state index is 13.3. The van der Waals surface area contributed by atoms with Crippen LogP contribution in [0.4, 0.5) is 8.78 Å². The predicted octanol–water partition coefficient (Wildman–Crippen LogP) is 0.953. The number of carbonyl (C=O) groups is 2. The zero-order valence-electron chi connectivity index (χ0n) is 9.19. The third-order valence-electron chi connectivity index (χ3n) is 2.74. The van der Waals surface area contributed by atoms with Crippen molar-refractivity contribution >= 4 is 11.9 Å². The van der Waals surface area contributed by atoms with E-state index >= 15 is 0 Å². The standard InChI is InChI=1S/C11H10F2N2O3/c12-7-6(3-4-14-9(7)13)10(16)15-8(11(17)18)5-1-2-5/h3-5,8H,1-2H2,(H,15,16)(H,17,18). The number of hydrogen-bond acceptors (Lipinski definition) is 3. The molecule has 7 heteroatoms. The molecule has 2 rings (SSSR count). The summed E-state index contributed by atoms with van der Waals surface area (Å²) < 4.78 is 26.1. The average Bonchev–Trinajstić information content (AvgIpc) is 3.13. The number of aliphatic carboxylic acids is 1. The van der Waals surface area contributed by atoms with Gasteiger partial charge in [-0.05, 0) is 24.8 Å². The summed E-state index contributed by atoms with van der Waals surface area (Å²) in [4.78, 5) is 25.6. The first-order valence-corrected chi connectivity index (χ1v) is 5.34. The first-order chi connectivity index (χ1) is 8.50. The van der Waals surface area contributed by atoms with Crippen LogP contribution in [0.3, 0.4) is 0 Å². The third-order valence-corrected chi connectivity index (χ3v) is 2.74. The lowest BCUT2D eigenvalue weighted by molar-refractivity contribution is -0.139. The fraction of sp³-hybridized carbons (Fsp3) is 0.364. The van der Waals surface area contributed by atoms with E-state index in [4.69, 9.17) is 5.11 Å². The number of amides is 1. The van der Waals surface area contributed by atoms with Crippen molar-refractivity contribution < 1.29 is 23.5 Å². The van der Waals surface area contributed by atoms with E-state index in [2.05, 4.69) is 10.3 Å². The summed E-state index contributed by atoms with van der Waals surface area (Å²) in [6, 6.07) is -0.0624. The molecule has 5 nitrogen and oxygen atoms in total. The van der Waals surface area contributed by atoms with Gasteiger partial charge < -0.3 is 10.4 Å². The molecule has 1 saturated carbocycles. The normalized spacial score (nSPS) is 16.1. The minimum atomic E-state index is -1.39. The smallest absolute Gasteiger partial charge is 0.326 e. The minimum absolute atomic E-state index is 0.138. The monoisotopic (exact) mass is 256 g/mol. The van der Waals surface area contributed by atoms with Crippen molar-refractivity contribution in [3.63, 3.8) is 0 Å². The molecule has 18 heavy (non-hydrogen) atoms. The molecule has 2 N–H and O–H groups in total. The lowest BCUT2D eigenvalue weighted by Gasteiger charge is -2.13. The summed E-state index contributed by atoms with van der Waals surface area (Å²) >= 11 is 0. The quantitative estimate of drug-likeness (QED) is 0.786. The van der Waals surface area contributed by atoms with Gasteiger partial charge in [0.25, 0.3) is 5.91 Å². The molecule has 0 radical (unpaired) electrons. The number of carboxylic acids is 1. The zero-order chi connectivity index (χ0) is 13.3. The van der Waals surface area contributed by atoms with Crippen LogP contribution >= 0.6 is 0 Å². The molecule has 0 saturated heterocycles. The van der Waals surface area contributed by atoms with Crippen molar-refractivity contribution in [1.29, 1.82) is 0 Å². The number of hydrogen-bond donors (Lipinski definition) is 2. The molecule has 1 aromatic heterocycles. The first-order valence-electron chi connectivity index (χ1n) is 5.34. The number of rotatable bonds is 4. The highest BCUT2D eigenvalue weighted by atomic mass is 19.2. The topological polar surface area (TPSA) is 79.3 Å². The Morgan fingerprint density at radius 3 is 2.67 bits per heavy atom. The maximum Gasteiger partial charge on any atom is 0.326 e. The highest BCUT2D eigenvalue weighted by Crippen LogP contribution is 2.32. The van der Waals surface area contributed by atoms with Gasteiger partial charge in [-0.1, -0.05) is 0 Å².